The summed E-state index contributed by atoms with van der Waals surface area (Å²) < 4.78 is 5.11. The Labute approximate surface area is 70.2 Å². The zero-order chi connectivity index (χ0) is 8.97. The van der Waals surface area contributed by atoms with Crippen molar-refractivity contribution < 1.29 is 4.42 Å². The molecule has 0 atom stereocenters. The Morgan fingerprint density at radius 2 is 2.33 bits per heavy atom. The molecule has 0 saturated carbocycles. The van der Waals surface area contributed by atoms with Gasteiger partial charge in [0.05, 0.1) is 11.5 Å². The van der Waals surface area contributed by atoms with E-state index in [1.54, 1.807) is 25.2 Å². The zero-order valence-corrected chi connectivity index (χ0v) is 6.91. The first-order valence-corrected chi connectivity index (χ1v) is 3.66. The summed E-state index contributed by atoms with van der Waals surface area (Å²) in [5, 5.41) is 0.581. The average molecular weight is 162 g/mol. The number of hydrogen-bond acceptors (Lipinski definition) is 2. The van der Waals surface area contributed by atoms with Crippen molar-refractivity contribution >= 4 is 12.2 Å². The largest absolute Gasteiger partial charge is 0.464 e. The van der Waals surface area contributed by atoms with Crippen molar-refractivity contribution in [1.82, 2.24) is 0 Å². The molecule has 2 heteroatoms. The van der Waals surface area contributed by atoms with E-state index in [1.165, 1.54) is 12.3 Å². The fraction of sp³-hybridized carbons (Fsp3) is 0.100. The van der Waals surface area contributed by atoms with Crippen LogP contribution in [-0.2, 0) is 0 Å². The van der Waals surface area contributed by atoms with Crippen LogP contribution in [0.3, 0.4) is 0 Å². The lowest BCUT2D eigenvalue weighted by Gasteiger charge is -1.85. The van der Waals surface area contributed by atoms with Crippen molar-refractivity contribution in [1.29, 1.82) is 0 Å². The van der Waals surface area contributed by atoms with Gasteiger partial charge in [0.1, 0.15) is 5.42 Å². The van der Waals surface area contributed by atoms with Crippen molar-refractivity contribution in [2.45, 2.75) is 6.92 Å². The van der Waals surface area contributed by atoms with Gasteiger partial charge in [0.2, 0.25) is 0 Å². The highest BCUT2D eigenvalue weighted by atomic mass is 16.3. The lowest BCUT2D eigenvalue weighted by Crippen LogP contribution is -2.37. The SMILES string of the molecule is C=C/C=c1/occc(=O)/c1=C/C. The van der Waals surface area contributed by atoms with E-state index in [0.29, 0.717) is 10.6 Å². The maximum absolute atomic E-state index is 11.2. The molecule has 0 spiro atoms. The minimum atomic E-state index is -0.0307. The smallest absolute Gasteiger partial charge is 0.192 e. The summed E-state index contributed by atoms with van der Waals surface area (Å²) >= 11 is 0. The quantitative estimate of drug-likeness (QED) is 0.598. The van der Waals surface area contributed by atoms with Crippen LogP contribution in [0.25, 0.3) is 12.2 Å². The molecule has 0 aromatic carbocycles. The molecule has 1 aromatic rings. The molecule has 0 saturated heterocycles. The van der Waals surface area contributed by atoms with E-state index >= 15 is 0 Å². The lowest BCUT2D eigenvalue weighted by molar-refractivity contribution is 0.508. The fourth-order valence-electron chi connectivity index (χ4n) is 0.964. The highest BCUT2D eigenvalue weighted by molar-refractivity contribution is 5.33. The van der Waals surface area contributed by atoms with E-state index < -0.39 is 0 Å². The molecule has 12 heavy (non-hydrogen) atoms. The van der Waals surface area contributed by atoms with Gasteiger partial charge in [0.15, 0.2) is 5.43 Å². The molecule has 0 aliphatic heterocycles. The first-order valence-electron chi connectivity index (χ1n) is 3.66. The van der Waals surface area contributed by atoms with Gasteiger partial charge in [0.25, 0.3) is 0 Å². The number of rotatable bonds is 1. The van der Waals surface area contributed by atoms with Gasteiger partial charge in [0, 0.05) is 6.07 Å². The predicted octanol–water partition coefficient (Wildman–Crippen LogP) is 0.407. The van der Waals surface area contributed by atoms with E-state index in [2.05, 4.69) is 6.58 Å². The molecule has 0 N–H and O–H groups in total. The van der Waals surface area contributed by atoms with E-state index in [9.17, 15) is 4.79 Å². The summed E-state index contributed by atoms with van der Waals surface area (Å²) in [5.74, 6) is 0. The minimum absolute atomic E-state index is 0.0307. The van der Waals surface area contributed by atoms with Crippen LogP contribution in [-0.4, -0.2) is 0 Å². The first-order chi connectivity index (χ1) is 5.79. The molecule has 0 aliphatic carbocycles. The third-order valence-electron chi connectivity index (χ3n) is 1.50. The second-order valence-corrected chi connectivity index (χ2v) is 2.25. The Balaban J connectivity index is 3.73. The molecule has 1 heterocycles. The standard InChI is InChI=1S/C10H10O2/c1-3-5-10-8(4-2)9(11)6-7-12-10/h3-7H,1H2,2H3/b8-4-,10-5+. The Kier molecular flexibility index (Phi) is 2.64. The van der Waals surface area contributed by atoms with Crippen LogP contribution < -0.4 is 16.1 Å². The minimum Gasteiger partial charge on any atom is -0.464 e. The molecule has 1 rings (SSSR count). The van der Waals surface area contributed by atoms with E-state index in [4.69, 9.17) is 4.42 Å². The van der Waals surface area contributed by atoms with Gasteiger partial charge in [-0.25, -0.2) is 0 Å². The van der Waals surface area contributed by atoms with Gasteiger partial charge in [-0.1, -0.05) is 18.7 Å². The summed E-state index contributed by atoms with van der Waals surface area (Å²) in [6, 6.07) is 1.40. The van der Waals surface area contributed by atoms with Gasteiger partial charge in [-0.05, 0) is 13.0 Å². The molecule has 0 radical (unpaired) electrons. The first kappa shape index (κ1) is 8.53. The Hall–Kier alpha value is -1.57. The van der Waals surface area contributed by atoms with Crippen molar-refractivity contribution in [3.05, 3.63) is 45.8 Å². The molecule has 0 bridgehead atoms. The normalized spacial score (nSPS) is 13.4. The second kappa shape index (κ2) is 3.72. The third-order valence-corrected chi connectivity index (χ3v) is 1.50. The Morgan fingerprint density at radius 3 is 2.92 bits per heavy atom. The Morgan fingerprint density at radius 1 is 1.58 bits per heavy atom. The summed E-state index contributed by atoms with van der Waals surface area (Å²) in [6.45, 7) is 5.33. The fourth-order valence-corrected chi connectivity index (χ4v) is 0.964. The summed E-state index contributed by atoms with van der Waals surface area (Å²) in [5.41, 5.74) is 0.525. The van der Waals surface area contributed by atoms with Crippen LogP contribution in [0.5, 0.6) is 0 Å². The summed E-state index contributed by atoms with van der Waals surface area (Å²) in [6.07, 6.45) is 6.36. The highest BCUT2D eigenvalue weighted by Gasteiger charge is 1.89. The van der Waals surface area contributed by atoms with Crippen molar-refractivity contribution in [2.24, 2.45) is 0 Å². The molecule has 0 unspecified atom stereocenters. The monoisotopic (exact) mass is 162 g/mol. The summed E-state index contributed by atoms with van der Waals surface area (Å²) in [4.78, 5) is 11.2. The molecule has 0 fully saturated rings. The van der Waals surface area contributed by atoms with Crippen LogP contribution in [0.2, 0.25) is 0 Å². The van der Waals surface area contributed by atoms with Crippen LogP contribution in [0.15, 0.2) is 34.2 Å². The van der Waals surface area contributed by atoms with Crippen LogP contribution in [0, 0.1) is 0 Å². The van der Waals surface area contributed by atoms with Gasteiger partial charge >= 0.3 is 0 Å². The van der Waals surface area contributed by atoms with E-state index in [0.717, 1.165) is 0 Å². The van der Waals surface area contributed by atoms with Crippen molar-refractivity contribution in [3.63, 3.8) is 0 Å². The van der Waals surface area contributed by atoms with Gasteiger partial charge < -0.3 is 4.42 Å². The van der Waals surface area contributed by atoms with Gasteiger partial charge in [-0.3, -0.25) is 4.79 Å². The molecule has 62 valence electrons. The average Bonchev–Trinajstić information content (AvgIpc) is 2.05. The number of allylic oxidation sites excluding steroid dienone is 1. The predicted molar refractivity (Wildman–Crippen MR) is 49.0 cm³/mol. The van der Waals surface area contributed by atoms with Crippen LogP contribution in [0.4, 0.5) is 0 Å². The molecular formula is C10H10O2. The Bertz CT molecular complexity index is 438. The van der Waals surface area contributed by atoms with Crippen LogP contribution >= 0.6 is 0 Å². The molecule has 0 aliphatic rings. The topological polar surface area (TPSA) is 30.2 Å². The molecule has 0 amide bonds. The molecular weight excluding hydrogens is 152 g/mol. The third kappa shape index (κ3) is 1.53. The maximum atomic E-state index is 11.2. The molecule has 2 nitrogen and oxygen atoms in total. The van der Waals surface area contributed by atoms with E-state index in [-0.39, 0.29) is 5.43 Å². The number of hydrogen-bond donors (Lipinski definition) is 0. The van der Waals surface area contributed by atoms with Gasteiger partial charge in [-0.2, -0.15) is 0 Å². The van der Waals surface area contributed by atoms with Gasteiger partial charge in [-0.15, -0.1) is 0 Å². The van der Waals surface area contributed by atoms with Crippen molar-refractivity contribution in [2.75, 3.05) is 0 Å². The van der Waals surface area contributed by atoms with Crippen molar-refractivity contribution in [3.8, 4) is 0 Å². The second-order valence-electron chi connectivity index (χ2n) is 2.25. The summed E-state index contributed by atoms with van der Waals surface area (Å²) in [7, 11) is 0. The van der Waals surface area contributed by atoms with E-state index in [1.807, 2.05) is 0 Å². The zero-order valence-electron chi connectivity index (χ0n) is 6.91. The highest BCUT2D eigenvalue weighted by Crippen LogP contribution is 1.67. The molecule has 1 aromatic heterocycles. The van der Waals surface area contributed by atoms with Crippen LogP contribution in [0.1, 0.15) is 6.92 Å². The lowest BCUT2D eigenvalue weighted by atomic mass is 10.3. The maximum Gasteiger partial charge on any atom is 0.192 e.